The summed E-state index contributed by atoms with van der Waals surface area (Å²) in [6.45, 7) is 9.73. The third-order valence-corrected chi connectivity index (χ3v) is 4.55. The van der Waals surface area contributed by atoms with Crippen molar-refractivity contribution in [2.24, 2.45) is 0 Å². The van der Waals surface area contributed by atoms with Crippen LogP contribution in [0, 0.1) is 0 Å². The van der Waals surface area contributed by atoms with Gasteiger partial charge in [-0.15, -0.1) is 0 Å². The molecule has 0 amide bonds. The monoisotopic (exact) mass is 284 g/mol. The fraction of sp³-hybridized carbons (Fsp3) is 0.444. The minimum atomic E-state index is -0.853. The highest BCUT2D eigenvalue weighted by Crippen LogP contribution is 2.40. The molecule has 0 fully saturated rings. The summed E-state index contributed by atoms with van der Waals surface area (Å²) in [4.78, 5) is 2.38. The molecule has 2 N–H and O–H groups in total. The van der Waals surface area contributed by atoms with E-state index in [0.717, 1.165) is 18.4 Å². The van der Waals surface area contributed by atoms with Crippen LogP contribution in [0.2, 0.25) is 0 Å². The van der Waals surface area contributed by atoms with Crippen molar-refractivity contribution < 1.29 is 5.11 Å². The average Bonchev–Trinajstić information content (AvgIpc) is 2.80. The molecule has 1 aliphatic carbocycles. The van der Waals surface area contributed by atoms with Crippen molar-refractivity contribution in [3.8, 4) is 0 Å². The van der Waals surface area contributed by atoms with Crippen molar-refractivity contribution in [1.29, 1.82) is 0 Å². The van der Waals surface area contributed by atoms with Crippen molar-refractivity contribution in [2.75, 3.05) is 0 Å². The predicted octanol–water partition coefficient (Wildman–Crippen LogP) is 2.99. The van der Waals surface area contributed by atoms with Gasteiger partial charge in [0.05, 0.1) is 17.3 Å². The average molecular weight is 284 g/mol. The first-order valence-corrected chi connectivity index (χ1v) is 7.65. The summed E-state index contributed by atoms with van der Waals surface area (Å²) in [7, 11) is 0. The van der Waals surface area contributed by atoms with Gasteiger partial charge in [-0.3, -0.25) is 0 Å². The largest absolute Gasteiger partial charge is 0.386 e. The summed E-state index contributed by atoms with van der Waals surface area (Å²) in [5.41, 5.74) is 3.91. The fourth-order valence-electron chi connectivity index (χ4n) is 3.45. The quantitative estimate of drug-likeness (QED) is 0.818. The van der Waals surface area contributed by atoms with Gasteiger partial charge in [0.25, 0.3) is 0 Å². The van der Waals surface area contributed by atoms with Crippen LogP contribution in [0.5, 0.6) is 0 Å². The molecule has 0 aromatic heterocycles. The smallest absolute Gasteiger partial charge is 0.125 e. The Morgan fingerprint density at radius 1 is 1.48 bits per heavy atom. The van der Waals surface area contributed by atoms with Gasteiger partial charge in [0.1, 0.15) is 6.17 Å². The van der Waals surface area contributed by atoms with Gasteiger partial charge in [-0.05, 0) is 45.3 Å². The van der Waals surface area contributed by atoms with Gasteiger partial charge in [0, 0.05) is 11.3 Å². The SMILES string of the molecule is C=C/C=C1/C=C(C(C)(C)O)C2NC3=C(C=CCC3)N2C1C. The Kier molecular flexibility index (Phi) is 3.33. The van der Waals surface area contributed by atoms with E-state index in [0.29, 0.717) is 0 Å². The Hall–Kier alpha value is -1.74. The predicted molar refractivity (Wildman–Crippen MR) is 86.3 cm³/mol. The van der Waals surface area contributed by atoms with Crippen molar-refractivity contribution >= 4 is 0 Å². The summed E-state index contributed by atoms with van der Waals surface area (Å²) in [6, 6.07) is 0.266. The molecule has 3 nitrogen and oxygen atoms in total. The van der Waals surface area contributed by atoms with Gasteiger partial charge in [0.15, 0.2) is 0 Å². The number of hydrogen-bond acceptors (Lipinski definition) is 3. The highest BCUT2D eigenvalue weighted by molar-refractivity contribution is 5.47. The van der Waals surface area contributed by atoms with E-state index < -0.39 is 5.60 Å². The zero-order chi connectivity index (χ0) is 15.2. The molecule has 3 heteroatoms. The molecule has 3 rings (SSSR count). The second-order valence-electron chi connectivity index (χ2n) is 6.50. The van der Waals surface area contributed by atoms with Gasteiger partial charge >= 0.3 is 0 Å². The van der Waals surface area contributed by atoms with E-state index in [9.17, 15) is 5.11 Å². The molecule has 0 spiro atoms. The number of fused-ring (bicyclic) bond motifs is 2. The molecule has 0 aromatic carbocycles. The van der Waals surface area contributed by atoms with E-state index in [1.807, 2.05) is 26.0 Å². The van der Waals surface area contributed by atoms with Crippen LogP contribution in [0.25, 0.3) is 0 Å². The lowest BCUT2D eigenvalue weighted by molar-refractivity contribution is 0.0903. The fourth-order valence-corrected chi connectivity index (χ4v) is 3.45. The normalized spacial score (nSPS) is 30.0. The maximum atomic E-state index is 10.6. The van der Waals surface area contributed by atoms with Crippen LogP contribution < -0.4 is 5.32 Å². The molecule has 0 saturated carbocycles. The lowest BCUT2D eigenvalue weighted by Crippen LogP contribution is -2.51. The Morgan fingerprint density at radius 3 is 2.90 bits per heavy atom. The number of rotatable bonds is 2. The Bertz CT molecular complexity index is 587. The molecule has 2 aliphatic heterocycles. The summed E-state index contributed by atoms with van der Waals surface area (Å²) in [5, 5.41) is 14.2. The van der Waals surface area contributed by atoms with Crippen LogP contribution in [0.15, 0.2) is 59.5 Å². The maximum Gasteiger partial charge on any atom is 0.125 e. The number of aliphatic hydroxyl groups is 1. The van der Waals surface area contributed by atoms with Gasteiger partial charge in [-0.2, -0.15) is 0 Å². The lowest BCUT2D eigenvalue weighted by Gasteiger charge is -2.43. The second-order valence-corrected chi connectivity index (χ2v) is 6.50. The van der Waals surface area contributed by atoms with Crippen molar-refractivity contribution in [2.45, 2.75) is 51.4 Å². The molecule has 2 unspecified atom stereocenters. The lowest BCUT2D eigenvalue weighted by atomic mass is 9.86. The van der Waals surface area contributed by atoms with Crippen LogP contribution in [-0.4, -0.2) is 27.8 Å². The third kappa shape index (κ3) is 2.26. The topological polar surface area (TPSA) is 35.5 Å². The molecule has 2 atom stereocenters. The standard InChI is InChI=1S/C18H24N2O/c1-5-8-13-11-14(18(3,4)21)17-19-15-9-6-7-10-16(15)20(17)12(13)2/h5,7-8,10-12,17,19,21H,1,6,9H2,2-4H3/b13-8-. The van der Waals surface area contributed by atoms with E-state index in [1.54, 1.807) is 0 Å². The minimum Gasteiger partial charge on any atom is -0.386 e. The Balaban J connectivity index is 2.10. The number of nitrogens with one attached hydrogen (secondary N) is 1. The third-order valence-electron chi connectivity index (χ3n) is 4.55. The van der Waals surface area contributed by atoms with E-state index in [1.165, 1.54) is 17.0 Å². The zero-order valence-electron chi connectivity index (χ0n) is 13.1. The van der Waals surface area contributed by atoms with Crippen LogP contribution in [0.1, 0.15) is 33.6 Å². The van der Waals surface area contributed by atoms with Crippen LogP contribution in [-0.2, 0) is 0 Å². The number of hydrogen-bond donors (Lipinski definition) is 2. The van der Waals surface area contributed by atoms with Crippen molar-refractivity contribution in [3.05, 3.63) is 59.5 Å². The van der Waals surface area contributed by atoms with E-state index in [2.05, 4.69) is 41.9 Å². The van der Waals surface area contributed by atoms with Gasteiger partial charge < -0.3 is 15.3 Å². The Labute approximate surface area is 127 Å². The van der Waals surface area contributed by atoms with Crippen LogP contribution in [0.3, 0.4) is 0 Å². The number of nitrogens with zero attached hydrogens (tertiary/aromatic N) is 1. The molecular formula is C18H24N2O. The highest BCUT2D eigenvalue weighted by atomic mass is 16.3. The van der Waals surface area contributed by atoms with Crippen molar-refractivity contribution in [1.82, 2.24) is 10.2 Å². The van der Waals surface area contributed by atoms with Gasteiger partial charge in [-0.25, -0.2) is 0 Å². The van der Waals surface area contributed by atoms with E-state index in [-0.39, 0.29) is 12.2 Å². The second kappa shape index (κ2) is 4.92. The molecule has 3 aliphatic rings. The molecular weight excluding hydrogens is 260 g/mol. The summed E-state index contributed by atoms with van der Waals surface area (Å²) < 4.78 is 0. The van der Waals surface area contributed by atoms with E-state index >= 15 is 0 Å². The van der Waals surface area contributed by atoms with Crippen LogP contribution in [0.4, 0.5) is 0 Å². The maximum absolute atomic E-state index is 10.6. The first-order chi connectivity index (χ1) is 9.93. The summed E-state index contributed by atoms with van der Waals surface area (Å²) in [5.74, 6) is 0. The molecule has 0 radical (unpaired) electrons. The molecule has 0 bridgehead atoms. The molecule has 0 saturated heterocycles. The molecule has 112 valence electrons. The van der Waals surface area contributed by atoms with Gasteiger partial charge in [0.2, 0.25) is 0 Å². The summed E-state index contributed by atoms with van der Waals surface area (Å²) >= 11 is 0. The number of allylic oxidation sites excluding steroid dienone is 5. The minimum absolute atomic E-state index is 0.0507. The Morgan fingerprint density at radius 2 is 2.24 bits per heavy atom. The van der Waals surface area contributed by atoms with Crippen LogP contribution >= 0.6 is 0 Å². The zero-order valence-corrected chi connectivity index (χ0v) is 13.1. The highest BCUT2D eigenvalue weighted by Gasteiger charge is 2.43. The molecule has 21 heavy (non-hydrogen) atoms. The van der Waals surface area contributed by atoms with Gasteiger partial charge in [-0.1, -0.05) is 30.9 Å². The molecule has 0 aromatic rings. The van der Waals surface area contributed by atoms with Crippen molar-refractivity contribution in [3.63, 3.8) is 0 Å². The first-order valence-electron chi connectivity index (χ1n) is 7.65. The molecule has 2 heterocycles. The van der Waals surface area contributed by atoms with E-state index in [4.69, 9.17) is 0 Å². The summed E-state index contributed by atoms with van der Waals surface area (Å²) in [6.07, 6.45) is 12.6. The first kappa shape index (κ1) is 14.2.